The summed E-state index contributed by atoms with van der Waals surface area (Å²) < 4.78 is 0. The molecule has 0 aliphatic heterocycles. The standard InChI is InChI=1S/C15H24N2O/c16-10-13-8-4-5-9-14(13)17-11-15(18)12-6-2-1-3-7-12/h1-3,6-7,13-15,17-18H,4-5,8-11,16H2. The zero-order valence-corrected chi connectivity index (χ0v) is 10.9. The van der Waals surface area contributed by atoms with E-state index >= 15 is 0 Å². The Morgan fingerprint density at radius 2 is 1.94 bits per heavy atom. The molecule has 1 saturated carbocycles. The molecule has 4 N–H and O–H groups in total. The van der Waals surface area contributed by atoms with E-state index in [2.05, 4.69) is 5.32 Å². The molecule has 0 radical (unpaired) electrons. The highest BCUT2D eigenvalue weighted by molar-refractivity contribution is 5.17. The summed E-state index contributed by atoms with van der Waals surface area (Å²) in [5.41, 5.74) is 6.79. The lowest BCUT2D eigenvalue weighted by atomic mass is 9.84. The Labute approximate surface area is 109 Å². The van der Waals surface area contributed by atoms with Crippen LogP contribution in [0.5, 0.6) is 0 Å². The van der Waals surface area contributed by atoms with E-state index < -0.39 is 6.10 Å². The van der Waals surface area contributed by atoms with Gasteiger partial charge < -0.3 is 16.2 Å². The molecule has 2 rings (SSSR count). The van der Waals surface area contributed by atoms with Crippen molar-refractivity contribution in [2.45, 2.75) is 37.8 Å². The second-order valence-corrected chi connectivity index (χ2v) is 5.22. The molecule has 1 aromatic rings. The van der Waals surface area contributed by atoms with Crippen LogP contribution in [0.15, 0.2) is 30.3 Å². The Morgan fingerprint density at radius 3 is 2.67 bits per heavy atom. The second-order valence-electron chi connectivity index (χ2n) is 5.22. The summed E-state index contributed by atoms with van der Waals surface area (Å²) in [6.45, 7) is 1.37. The number of nitrogens with one attached hydrogen (secondary N) is 1. The minimum Gasteiger partial charge on any atom is -0.387 e. The normalized spacial score (nSPS) is 25.9. The fourth-order valence-corrected chi connectivity index (χ4v) is 2.81. The summed E-state index contributed by atoms with van der Waals surface area (Å²) in [4.78, 5) is 0. The third-order valence-corrected chi connectivity index (χ3v) is 3.97. The first-order valence-electron chi connectivity index (χ1n) is 6.97. The maximum atomic E-state index is 10.1. The van der Waals surface area contributed by atoms with Crippen molar-refractivity contribution in [2.75, 3.05) is 13.1 Å². The van der Waals surface area contributed by atoms with E-state index in [1.54, 1.807) is 0 Å². The van der Waals surface area contributed by atoms with Gasteiger partial charge in [-0.1, -0.05) is 43.2 Å². The van der Waals surface area contributed by atoms with Gasteiger partial charge in [-0.15, -0.1) is 0 Å². The van der Waals surface area contributed by atoms with Crippen LogP contribution in [-0.2, 0) is 0 Å². The maximum absolute atomic E-state index is 10.1. The Hall–Kier alpha value is -0.900. The van der Waals surface area contributed by atoms with Crippen LogP contribution < -0.4 is 11.1 Å². The van der Waals surface area contributed by atoms with Crippen LogP contribution in [-0.4, -0.2) is 24.2 Å². The van der Waals surface area contributed by atoms with E-state index in [4.69, 9.17) is 5.73 Å². The average Bonchev–Trinajstić information content (AvgIpc) is 2.46. The topological polar surface area (TPSA) is 58.3 Å². The van der Waals surface area contributed by atoms with Crippen LogP contribution in [0.3, 0.4) is 0 Å². The molecule has 3 heteroatoms. The molecular weight excluding hydrogens is 224 g/mol. The van der Waals surface area contributed by atoms with Crippen molar-refractivity contribution in [3.05, 3.63) is 35.9 Å². The molecular formula is C15H24N2O. The van der Waals surface area contributed by atoms with Crippen molar-refractivity contribution in [2.24, 2.45) is 11.7 Å². The van der Waals surface area contributed by atoms with Crippen molar-refractivity contribution in [3.8, 4) is 0 Å². The molecule has 0 amide bonds. The molecule has 1 aromatic carbocycles. The van der Waals surface area contributed by atoms with Crippen LogP contribution in [0.4, 0.5) is 0 Å². The van der Waals surface area contributed by atoms with Gasteiger partial charge in [-0.2, -0.15) is 0 Å². The van der Waals surface area contributed by atoms with Crippen LogP contribution in [0.25, 0.3) is 0 Å². The number of rotatable bonds is 5. The van der Waals surface area contributed by atoms with Gasteiger partial charge in [-0.05, 0) is 30.9 Å². The van der Waals surface area contributed by atoms with E-state index in [-0.39, 0.29) is 0 Å². The van der Waals surface area contributed by atoms with Crippen molar-refractivity contribution in [1.82, 2.24) is 5.32 Å². The molecule has 3 atom stereocenters. The summed E-state index contributed by atoms with van der Waals surface area (Å²) in [5.74, 6) is 0.571. The maximum Gasteiger partial charge on any atom is 0.0914 e. The Kier molecular flexibility index (Phi) is 5.17. The summed E-state index contributed by atoms with van der Waals surface area (Å²) in [5, 5.41) is 13.6. The van der Waals surface area contributed by atoms with Gasteiger partial charge in [0.2, 0.25) is 0 Å². The highest BCUT2D eigenvalue weighted by Gasteiger charge is 2.24. The molecule has 1 aliphatic rings. The van der Waals surface area contributed by atoms with Gasteiger partial charge in [-0.25, -0.2) is 0 Å². The fraction of sp³-hybridized carbons (Fsp3) is 0.600. The molecule has 0 bridgehead atoms. The Balaban J connectivity index is 1.83. The monoisotopic (exact) mass is 248 g/mol. The molecule has 0 spiro atoms. The van der Waals surface area contributed by atoms with Crippen LogP contribution in [0.1, 0.15) is 37.4 Å². The molecule has 3 unspecified atom stereocenters. The summed E-state index contributed by atoms with van der Waals surface area (Å²) >= 11 is 0. The summed E-state index contributed by atoms with van der Waals surface area (Å²) in [7, 11) is 0. The van der Waals surface area contributed by atoms with Gasteiger partial charge >= 0.3 is 0 Å². The zero-order chi connectivity index (χ0) is 12.8. The first-order valence-corrected chi connectivity index (χ1v) is 6.97. The van der Waals surface area contributed by atoms with Gasteiger partial charge in [0, 0.05) is 12.6 Å². The number of hydrogen-bond acceptors (Lipinski definition) is 3. The number of hydrogen-bond donors (Lipinski definition) is 3. The van der Waals surface area contributed by atoms with E-state index in [0.717, 1.165) is 12.1 Å². The van der Waals surface area contributed by atoms with Crippen molar-refractivity contribution in [1.29, 1.82) is 0 Å². The lowest BCUT2D eigenvalue weighted by Gasteiger charge is -2.32. The van der Waals surface area contributed by atoms with Gasteiger partial charge in [0.1, 0.15) is 0 Å². The lowest BCUT2D eigenvalue weighted by Crippen LogP contribution is -2.43. The first kappa shape index (κ1) is 13.5. The Bertz CT molecular complexity index is 342. The van der Waals surface area contributed by atoms with Gasteiger partial charge in [0.15, 0.2) is 0 Å². The minimum atomic E-state index is -0.424. The number of aliphatic hydroxyl groups is 1. The van der Waals surface area contributed by atoms with E-state index in [0.29, 0.717) is 18.5 Å². The van der Waals surface area contributed by atoms with Gasteiger partial charge in [-0.3, -0.25) is 0 Å². The number of nitrogens with two attached hydrogens (primary N) is 1. The first-order chi connectivity index (χ1) is 8.81. The molecule has 100 valence electrons. The zero-order valence-electron chi connectivity index (χ0n) is 10.9. The molecule has 0 heterocycles. The van der Waals surface area contributed by atoms with Gasteiger partial charge in [0.05, 0.1) is 6.10 Å². The predicted molar refractivity (Wildman–Crippen MR) is 74.2 cm³/mol. The highest BCUT2D eigenvalue weighted by atomic mass is 16.3. The van der Waals surface area contributed by atoms with Crippen LogP contribution >= 0.6 is 0 Å². The Morgan fingerprint density at radius 1 is 1.22 bits per heavy atom. The van der Waals surface area contributed by atoms with E-state index in [1.807, 2.05) is 30.3 Å². The summed E-state index contributed by atoms with van der Waals surface area (Å²) in [6.07, 6.45) is 4.54. The second kappa shape index (κ2) is 6.88. The SMILES string of the molecule is NCC1CCCCC1NCC(O)c1ccccc1. The molecule has 1 fully saturated rings. The quantitative estimate of drug-likeness (QED) is 0.745. The third-order valence-electron chi connectivity index (χ3n) is 3.97. The predicted octanol–water partition coefficient (Wildman–Crippen LogP) is 1.83. The van der Waals surface area contributed by atoms with Crippen molar-refractivity contribution < 1.29 is 5.11 Å². The van der Waals surface area contributed by atoms with Crippen LogP contribution in [0.2, 0.25) is 0 Å². The van der Waals surface area contributed by atoms with Gasteiger partial charge in [0.25, 0.3) is 0 Å². The van der Waals surface area contributed by atoms with Crippen molar-refractivity contribution >= 4 is 0 Å². The molecule has 1 aliphatic carbocycles. The smallest absolute Gasteiger partial charge is 0.0914 e. The number of aliphatic hydroxyl groups excluding tert-OH is 1. The average molecular weight is 248 g/mol. The van der Waals surface area contributed by atoms with Crippen LogP contribution in [0, 0.1) is 5.92 Å². The third kappa shape index (κ3) is 3.55. The molecule has 0 saturated heterocycles. The van der Waals surface area contributed by atoms with Crippen molar-refractivity contribution in [3.63, 3.8) is 0 Å². The molecule has 0 aromatic heterocycles. The van der Waals surface area contributed by atoms with E-state index in [1.165, 1.54) is 25.7 Å². The molecule has 18 heavy (non-hydrogen) atoms. The fourth-order valence-electron chi connectivity index (χ4n) is 2.81. The molecule has 3 nitrogen and oxygen atoms in total. The van der Waals surface area contributed by atoms with E-state index in [9.17, 15) is 5.11 Å². The highest BCUT2D eigenvalue weighted by Crippen LogP contribution is 2.24. The number of benzene rings is 1. The lowest BCUT2D eigenvalue weighted by molar-refractivity contribution is 0.156. The minimum absolute atomic E-state index is 0.424. The largest absolute Gasteiger partial charge is 0.387 e. The summed E-state index contributed by atoms with van der Waals surface area (Å²) in [6, 6.07) is 10.3.